The van der Waals surface area contributed by atoms with E-state index in [1.807, 2.05) is 0 Å². The molecule has 0 atom stereocenters. The summed E-state index contributed by atoms with van der Waals surface area (Å²) in [6.45, 7) is -0.141. The van der Waals surface area contributed by atoms with Crippen LogP contribution in [0.4, 0.5) is 31.5 Å². The van der Waals surface area contributed by atoms with Crippen LogP contribution in [0.15, 0.2) is 48.5 Å². The molecule has 13 heteroatoms. The summed E-state index contributed by atoms with van der Waals surface area (Å²) in [5.41, 5.74) is 1.74. The Balaban J connectivity index is 2.16. The quantitative estimate of drug-likeness (QED) is 0.313. The maximum Gasteiger partial charge on any atom is 0.297 e. The molecule has 0 unspecified atom stereocenters. The van der Waals surface area contributed by atoms with E-state index in [0.717, 1.165) is 30.3 Å². The first-order chi connectivity index (χ1) is 16.7. The van der Waals surface area contributed by atoms with Gasteiger partial charge in [-0.15, -0.1) is 0 Å². The minimum absolute atomic E-state index is 0.108. The van der Waals surface area contributed by atoms with E-state index in [0.29, 0.717) is 28.9 Å². The molecule has 184 valence electrons. The van der Waals surface area contributed by atoms with Crippen molar-refractivity contribution in [2.45, 2.75) is 6.54 Å². The van der Waals surface area contributed by atoms with Gasteiger partial charge in [-0.1, -0.05) is 0 Å². The highest BCUT2D eigenvalue weighted by Crippen LogP contribution is 2.40. The van der Waals surface area contributed by atoms with Crippen molar-refractivity contribution in [3.05, 3.63) is 86.0 Å². The van der Waals surface area contributed by atoms with Gasteiger partial charge in [0.2, 0.25) is 5.75 Å². The first-order valence-corrected chi connectivity index (χ1v) is 9.89. The molecule has 0 fully saturated rings. The molecule has 3 aromatic carbocycles. The number of ether oxygens (including phenoxy) is 3. The highest BCUT2D eigenvalue weighted by atomic mass is 19.1. The zero-order valence-electron chi connectivity index (χ0n) is 18.8. The number of hydrogen-bond acceptors (Lipinski definition) is 9. The first kappa shape index (κ1) is 25.0. The second-order valence-corrected chi connectivity index (χ2v) is 7.04. The molecule has 0 spiro atoms. The fourth-order valence-corrected chi connectivity index (χ4v) is 3.36. The summed E-state index contributed by atoms with van der Waals surface area (Å²) in [5.74, 6) is -0.793. The zero-order chi connectivity index (χ0) is 25.7. The minimum Gasteiger partial charge on any atom is -0.493 e. The smallest absolute Gasteiger partial charge is 0.297 e. The molecule has 11 nitrogen and oxygen atoms in total. The second-order valence-electron chi connectivity index (χ2n) is 7.04. The van der Waals surface area contributed by atoms with E-state index in [1.54, 1.807) is 12.1 Å². The molecule has 0 radical (unpaired) electrons. The summed E-state index contributed by atoms with van der Waals surface area (Å²) in [4.78, 5) is 21.5. The topological polar surface area (TPSA) is 129 Å². The molecule has 1 N–H and O–H groups in total. The van der Waals surface area contributed by atoms with E-state index >= 15 is 0 Å². The highest BCUT2D eigenvalue weighted by molar-refractivity contribution is 5.70. The monoisotopic (exact) mass is 490 g/mol. The predicted molar refractivity (Wildman–Crippen MR) is 122 cm³/mol. The Labute approximate surface area is 197 Å². The average Bonchev–Trinajstić information content (AvgIpc) is 2.83. The lowest BCUT2D eigenvalue weighted by atomic mass is 10.1. The predicted octanol–water partition coefficient (Wildman–Crippen LogP) is 4.84. The van der Waals surface area contributed by atoms with E-state index < -0.39 is 32.9 Å². The lowest BCUT2D eigenvalue weighted by molar-refractivity contribution is -0.384. The third kappa shape index (κ3) is 5.46. The number of halogens is 2. The molecular formula is C22H20F2N4O7. The Morgan fingerprint density at radius 2 is 1.37 bits per heavy atom. The summed E-state index contributed by atoms with van der Waals surface area (Å²) < 4.78 is 43.4. The molecule has 0 saturated carbocycles. The molecule has 3 rings (SSSR count). The molecule has 35 heavy (non-hydrogen) atoms. The number of nitrogens with zero attached hydrogens (tertiary/aromatic N) is 3. The molecule has 0 aromatic heterocycles. The molecule has 0 bridgehead atoms. The second kappa shape index (κ2) is 10.5. The fraction of sp³-hybridized carbons (Fsp3) is 0.182. The van der Waals surface area contributed by atoms with Crippen molar-refractivity contribution >= 4 is 22.7 Å². The van der Waals surface area contributed by atoms with Crippen molar-refractivity contribution in [1.82, 2.24) is 0 Å². The van der Waals surface area contributed by atoms with Crippen LogP contribution in [0, 0.1) is 31.9 Å². The summed E-state index contributed by atoms with van der Waals surface area (Å²) in [6.07, 6.45) is 0. The molecule has 0 aliphatic rings. The van der Waals surface area contributed by atoms with Crippen LogP contribution < -0.4 is 24.6 Å². The van der Waals surface area contributed by atoms with Gasteiger partial charge < -0.3 is 14.2 Å². The van der Waals surface area contributed by atoms with Crippen molar-refractivity contribution in [3.8, 4) is 17.2 Å². The lowest BCUT2D eigenvalue weighted by Gasteiger charge is -2.27. The summed E-state index contributed by atoms with van der Waals surface area (Å²) in [6, 6.07) is 8.84. The number of methoxy groups -OCH3 is 3. The van der Waals surface area contributed by atoms with E-state index in [2.05, 4.69) is 5.43 Å². The van der Waals surface area contributed by atoms with Crippen LogP contribution >= 0.6 is 0 Å². The molecule has 0 aliphatic carbocycles. The summed E-state index contributed by atoms with van der Waals surface area (Å²) in [5, 5.41) is 24.3. The summed E-state index contributed by atoms with van der Waals surface area (Å²) in [7, 11) is 4.23. The van der Waals surface area contributed by atoms with Crippen LogP contribution in [0.3, 0.4) is 0 Å². The largest absolute Gasteiger partial charge is 0.493 e. The third-order valence-electron chi connectivity index (χ3n) is 4.90. The van der Waals surface area contributed by atoms with Crippen LogP contribution in [0.5, 0.6) is 17.2 Å². The number of benzene rings is 3. The van der Waals surface area contributed by atoms with Crippen molar-refractivity contribution < 1.29 is 32.8 Å². The minimum atomic E-state index is -0.846. The maximum absolute atomic E-state index is 13.8. The highest BCUT2D eigenvalue weighted by Gasteiger charge is 2.25. The third-order valence-corrected chi connectivity index (χ3v) is 4.90. The molecular weight excluding hydrogens is 470 g/mol. The van der Waals surface area contributed by atoms with Crippen molar-refractivity contribution in [1.29, 1.82) is 0 Å². The van der Waals surface area contributed by atoms with E-state index in [4.69, 9.17) is 14.2 Å². The van der Waals surface area contributed by atoms with E-state index in [-0.39, 0.29) is 17.9 Å². The van der Waals surface area contributed by atoms with Crippen molar-refractivity contribution in [2.24, 2.45) is 0 Å². The lowest BCUT2D eigenvalue weighted by Crippen LogP contribution is -2.30. The van der Waals surface area contributed by atoms with Gasteiger partial charge in [0.15, 0.2) is 11.5 Å². The van der Waals surface area contributed by atoms with Crippen molar-refractivity contribution in [2.75, 3.05) is 31.8 Å². The fourth-order valence-electron chi connectivity index (χ4n) is 3.36. The first-order valence-electron chi connectivity index (χ1n) is 9.89. The molecule has 0 saturated heterocycles. The van der Waals surface area contributed by atoms with Gasteiger partial charge in [0.05, 0.1) is 49.9 Å². The van der Waals surface area contributed by atoms with Crippen LogP contribution in [0.2, 0.25) is 0 Å². The van der Waals surface area contributed by atoms with Crippen molar-refractivity contribution in [3.63, 3.8) is 0 Å². The van der Waals surface area contributed by atoms with E-state index in [9.17, 15) is 29.0 Å². The Morgan fingerprint density at radius 3 is 1.89 bits per heavy atom. The average molecular weight is 490 g/mol. The van der Waals surface area contributed by atoms with Gasteiger partial charge in [-0.05, 0) is 42.0 Å². The van der Waals surface area contributed by atoms with Crippen LogP contribution in [0.1, 0.15) is 5.56 Å². The number of hydrazine groups is 1. The molecule has 0 amide bonds. The number of rotatable bonds is 10. The van der Waals surface area contributed by atoms with Crippen LogP contribution in [-0.4, -0.2) is 31.2 Å². The standard InChI is InChI=1S/C22H20F2N4O7/c1-33-20-8-13(9-21(34-2)22(20)35-3)12-26(17-7-5-15(24)11-19(17)28(31)32)25-16-6-4-14(23)10-18(16)27(29)30/h4-11,25H,12H2,1-3H3. The number of nitro groups is 2. The van der Waals surface area contributed by atoms with E-state index in [1.165, 1.54) is 26.3 Å². The SMILES string of the molecule is COc1cc(CN(Nc2ccc(F)cc2[N+](=O)[O-])c2ccc(F)cc2[N+](=O)[O-])cc(OC)c1OC. The normalized spacial score (nSPS) is 10.4. The maximum atomic E-state index is 13.8. The molecule has 0 aliphatic heterocycles. The number of anilines is 2. The van der Waals surface area contributed by atoms with Gasteiger partial charge in [0, 0.05) is 0 Å². The Hall–Kier alpha value is -4.68. The number of nitro benzene ring substituents is 2. The van der Waals surface area contributed by atoms with Crippen LogP contribution in [0.25, 0.3) is 0 Å². The van der Waals surface area contributed by atoms with Crippen LogP contribution in [-0.2, 0) is 6.54 Å². The van der Waals surface area contributed by atoms with Gasteiger partial charge in [-0.3, -0.25) is 30.7 Å². The molecule has 3 aromatic rings. The Bertz CT molecular complexity index is 1250. The summed E-state index contributed by atoms with van der Waals surface area (Å²) >= 11 is 0. The Morgan fingerprint density at radius 1 is 0.829 bits per heavy atom. The van der Waals surface area contributed by atoms with Gasteiger partial charge in [0.1, 0.15) is 23.0 Å². The van der Waals surface area contributed by atoms with Gasteiger partial charge >= 0.3 is 0 Å². The Kier molecular flexibility index (Phi) is 7.49. The van der Waals surface area contributed by atoms with Gasteiger partial charge in [-0.25, -0.2) is 8.78 Å². The number of hydrogen-bond donors (Lipinski definition) is 1. The van der Waals surface area contributed by atoms with Gasteiger partial charge in [0.25, 0.3) is 11.4 Å². The van der Waals surface area contributed by atoms with Gasteiger partial charge in [-0.2, -0.15) is 0 Å². The molecule has 0 heterocycles. The number of nitrogens with one attached hydrogen (secondary N) is 1. The zero-order valence-corrected chi connectivity index (χ0v) is 18.8.